The largest absolute Gasteiger partial charge is 0.467 e. The number of carbonyl (C=O) groups excluding carboxylic acids is 2. The number of ether oxygens (including phenoxy) is 1. The van der Waals surface area contributed by atoms with Crippen LogP contribution in [-0.4, -0.2) is 40.3 Å². The first-order valence-corrected chi connectivity index (χ1v) is 10.9. The number of esters is 1. The molecule has 1 aromatic carbocycles. The molecule has 1 aromatic heterocycles. The molecule has 2 atom stereocenters. The third-order valence-corrected chi connectivity index (χ3v) is 5.86. The number of methoxy groups -OCH3 is 1. The number of nitrogens with zero attached hydrogens (tertiary/aromatic N) is 2. The van der Waals surface area contributed by atoms with Crippen molar-refractivity contribution in [1.82, 2.24) is 14.9 Å². The van der Waals surface area contributed by atoms with Crippen molar-refractivity contribution in [3.63, 3.8) is 0 Å². The highest BCUT2D eigenvalue weighted by molar-refractivity contribution is 7.99. The molecule has 0 radical (unpaired) electrons. The van der Waals surface area contributed by atoms with Crippen LogP contribution in [0.25, 0.3) is 10.9 Å². The van der Waals surface area contributed by atoms with Gasteiger partial charge in [0.1, 0.15) is 6.04 Å². The standard InChI is InChI=1S/C21H29N3O4S/c1-5-7-12-24-19(26)15-10-8-9-11-16(15)22-21(24)29-13-17(25)23-18(14(3)6-2)20(27)28-4/h8-11,14,18H,5-7,12-13H2,1-4H3,(H,23,25)/t14-,18-/m0/s1. The highest BCUT2D eigenvalue weighted by Gasteiger charge is 2.26. The van der Waals surface area contributed by atoms with Crippen LogP contribution in [0.5, 0.6) is 0 Å². The topological polar surface area (TPSA) is 90.3 Å². The van der Waals surface area contributed by atoms with E-state index in [-0.39, 0.29) is 23.1 Å². The Balaban J connectivity index is 2.21. The van der Waals surface area contributed by atoms with Gasteiger partial charge in [-0.2, -0.15) is 0 Å². The second-order valence-corrected chi connectivity index (χ2v) is 7.91. The van der Waals surface area contributed by atoms with Crippen LogP contribution in [0.15, 0.2) is 34.2 Å². The number of hydrogen-bond donors (Lipinski definition) is 1. The minimum Gasteiger partial charge on any atom is -0.467 e. The Bertz CT molecular complexity index is 912. The first-order valence-electron chi connectivity index (χ1n) is 9.92. The number of rotatable bonds is 10. The van der Waals surface area contributed by atoms with E-state index in [9.17, 15) is 14.4 Å². The van der Waals surface area contributed by atoms with Gasteiger partial charge >= 0.3 is 5.97 Å². The average molecular weight is 420 g/mol. The van der Waals surface area contributed by atoms with Gasteiger partial charge in [-0.1, -0.05) is 57.5 Å². The second kappa shape index (κ2) is 11.0. The highest BCUT2D eigenvalue weighted by Crippen LogP contribution is 2.19. The molecule has 0 aliphatic carbocycles. The maximum absolute atomic E-state index is 12.9. The van der Waals surface area contributed by atoms with Gasteiger partial charge in [-0.05, 0) is 24.5 Å². The molecule has 158 valence electrons. The lowest BCUT2D eigenvalue weighted by molar-refractivity contribution is -0.146. The zero-order valence-electron chi connectivity index (χ0n) is 17.4. The Labute approximate surface area is 175 Å². The summed E-state index contributed by atoms with van der Waals surface area (Å²) in [6.45, 7) is 6.45. The number of thioether (sulfide) groups is 1. The fourth-order valence-electron chi connectivity index (χ4n) is 2.91. The predicted octanol–water partition coefficient (Wildman–Crippen LogP) is 2.99. The minimum atomic E-state index is -0.690. The number of hydrogen-bond acceptors (Lipinski definition) is 6. The molecule has 0 fully saturated rings. The van der Waals surface area contributed by atoms with E-state index in [1.165, 1.54) is 18.9 Å². The Morgan fingerprint density at radius 2 is 2.00 bits per heavy atom. The number of nitrogens with one attached hydrogen (secondary N) is 1. The SMILES string of the molecule is CCCCn1c(SCC(=O)N[C@H](C(=O)OC)[C@@H](C)CC)nc2ccccc2c1=O. The van der Waals surface area contributed by atoms with Gasteiger partial charge < -0.3 is 10.1 Å². The van der Waals surface area contributed by atoms with Gasteiger partial charge in [-0.3, -0.25) is 14.2 Å². The first kappa shape index (κ1) is 22.9. The number of unbranched alkanes of at least 4 members (excludes halogenated alkanes) is 1. The van der Waals surface area contributed by atoms with E-state index >= 15 is 0 Å². The third-order valence-electron chi connectivity index (χ3n) is 4.88. The second-order valence-electron chi connectivity index (χ2n) is 6.96. The molecule has 0 bridgehead atoms. The normalized spacial score (nSPS) is 13.1. The Morgan fingerprint density at radius 3 is 2.66 bits per heavy atom. The lowest BCUT2D eigenvalue weighted by Crippen LogP contribution is -2.46. The molecule has 1 amide bonds. The molecule has 1 heterocycles. The highest BCUT2D eigenvalue weighted by atomic mass is 32.2. The van der Waals surface area contributed by atoms with Crippen molar-refractivity contribution in [2.75, 3.05) is 12.9 Å². The van der Waals surface area contributed by atoms with Crippen molar-refractivity contribution < 1.29 is 14.3 Å². The molecule has 1 N–H and O–H groups in total. The zero-order valence-corrected chi connectivity index (χ0v) is 18.3. The third kappa shape index (κ3) is 5.82. The predicted molar refractivity (Wildman–Crippen MR) is 115 cm³/mol. The summed E-state index contributed by atoms with van der Waals surface area (Å²) < 4.78 is 6.44. The van der Waals surface area contributed by atoms with Crippen molar-refractivity contribution >= 4 is 34.5 Å². The van der Waals surface area contributed by atoms with Crippen molar-refractivity contribution in [2.45, 2.75) is 57.8 Å². The summed E-state index contributed by atoms with van der Waals surface area (Å²) in [5, 5.41) is 3.83. The van der Waals surface area contributed by atoms with Crippen LogP contribution in [0.4, 0.5) is 0 Å². The van der Waals surface area contributed by atoms with Crippen molar-refractivity contribution in [3.05, 3.63) is 34.6 Å². The summed E-state index contributed by atoms with van der Waals surface area (Å²) in [6.07, 6.45) is 2.52. The fourth-order valence-corrected chi connectivity index (χ4v) is 3.75. The number of aromatic nitrogens is 2. The van der Waals surface area contributed by atoms with Crippen LogP contribution in [0.3, 0.4) is 0 Å². The van der Waals surface area contributed by atoms with Crippen molar-refractivity contribution in [2.24, 2.45) is 5.92 Å². The monoisotopic (exact) mass is 419 g/mol. The molecule has 29 heavy (non-hydrogen) atoms. The van der Waals surface area contributed by atoms with E-state index in [4.69, 9.17) is 4.74 Å². The quantitative estimate of drug-likeness (QED) is 0.362. The summed E-state index contributed by atoms with van der Waals surface area (Å²) >= 11 is 1.20. The van der Waals surface area contributed by atoms with Crippen LogP contribution < -0.4 is 10.9 Å². The van der Waals surface area contributed by atoms with E-state index in [0.29, 0.717) is 22.6 Å². The first-order chi connectivity index (χ1) is 13.9. The molecule has 2 rings (SSSR count). The average Bonchev–Trinajstić information content (AvgIpc) is 2.74. The zero-order chi connectivity index (χ0) is 21.4. The van der Waals surface area contributed by atoms with E-state index < -0.39 is 12.0 Å². The molecule has 0 saturated carbocycles. The van der Waals surface area contributed by atoms with Crippen molar-refractivity contribution in [3.8, 4) is 0 Å². The van der Waals surface area contributed by atoms with Gasteiger partial charge in [0.15, 0.2) is 5.16 Å². The van der Waals surface area contributed by atoms with Gasteiger partial charge in [0.05, 0.1) is 23.8 Å². The van der Waals surface area contributed by atoms with Gasteiger partial charge in [-0.25, -0.2) is 9.78 Å². The smallest absolute Gasteiger partial charge is 0.328 e. The Hall–Kier alpha value is -2.35. The maximum atomic E-state index is 12.9. The molecule has 2 aromatic rings. The van der Waals surface area contributed by atoms with E-state index in [0.717, 1.165) is 19.3 Å². The summed E-state index contributed by atoms with van der Waals surface area (Å²) in [7, 11) is 1.31. The van der Waals surface area contributed by atoms with Crippen LogP contribution in [-0.2, 0) is 20.9 Å². The van der Waals surface area contributed by atoms with Gasteiger partial charge in [0.25, 0.3) is 5.56 Å². The van der Waals surface area contributed by atoms with E-state index in [2.05, 4.69) is 17.2 Å². The number of fused-ring (bicyclic) bond motifs is 1. The van der Waals surface area contributed by atoms with E-state index in [1.807, 2.05) is 26.0 Å². The molecule has 8 heteroatoms. The number of para-hydroxylation sites is 1. The molecule has 0 aliphatic rings. The van der Waals surface area contributed by atoms with Gasteiger partial charge in [-0.15, -0.1) is 0 Å². The minimum absolute atomic E-state index is 0.0436. The Morgan fingerprint density at radius 1 is 1.28 bits per heavy atom. The summed E-state index contributed by atoms with van der Waals surface area (Å²) in [5.41, 5.74) is 0.513. The van der Waals surface area contributed by atoms with Gasteiger partial charge in [0, 0.05) is 6.54 Å². The van der Waals surface area contributed by atoms with Crippen molar-refractivity contribution in [1.29, 1.82) is 0 Å². The van der Waals surface area contributed by atoms with Crippen LogP contribution in [0, 0.1) is 5.92 Å². The summed E-state index contributed by atoms with van der Waals surface area (Å²) in [4.78, 5) is 41.9. The van der Waals surface area contributed by atoms with Crippen LogP contribution in [0.2, 0.25) is 0 Å². The number of carbonyl (C=O) groups is 2. The summed E-state index contributed by atoms with van der Waals surface area (Å²) in [6, 6.07) is 6.52. The number of benzene rings is 1. The maximum Gasteiger partial charge on any atom is 0.328 e. The summed E-state index contributed by atoms with van der Waals surface area (Å²) in [5.74, 6) is -0.740. The molecular formula is C21H29N3O4S. The molecule has 0 unspecified atom stereocenters. The molecule has 0 saturated heterocycles. The van der Waals surface area contributed by atoms with Crippen LogP contribution >= 0.6 is 11.8 Å². The van der Waals surface area contributed by atoms with Crippen LogP contribution in [0.1, 0.15) is 40.0 Å². The molecule has 7 nitrogen and oxygen atoms in total. The fraction of sp³-hybridized carbons (Fsp3) is 0.524. The molecular weight excluding hydrogens is 390 g/mol. The molecule has 0 aliphatic heterocycles. The Kier molecular flexibility index (Phi) is 8.70. The lowest BCUT2D eigenvalue weighted by Gasteiger charge is -2.21. The van der Waals surface area contributed by atoms with Gasteiger partial charge in [0.2, 0.25) is 5.91 Å². The lowest BCUT2D eigenvalue weighted by atomic mass is 9.99. The molecule has 0 spiro atoms. The number of amides is 1. The van der Waals surface area contributed by atoms with E-state index in [1.54, 1.807) is 16.7 Å².